The highest BCUT2D eigenvalue weighted by atomic mass is 16.4. The molecule has 0 aliphatic heterocycles. The first kappa shape index (κ1) is 17.6. The van der Waals surface area contributed by atoms with Gasteiger partial charge in [-0.2, -0.15) is 5.26 Å². The van der Waals surface area contributed by atoms with Gasteiger partial charge in [-0.3, -0.25) is 9.36 Å². The van der Waals surface area contributed by atoms with Crippen LogP contribution in [0.15, 0.2) is 53.2 Å². The number of aromatic nitrogens is 1. The average Bonchev–Trinajstić information content (AvgIpc) is 3.21. The van der Waals surface area contributed by atoms with E-state index < -0.39 is 0 Å². The zero-order valence-corrected chi connectivity index (χ0v) is 15.3. The lowest BCUT2D eigenvalue weighted by atomic mass is 9.87. The third-order valence-electron chi connectivity index (χ3n) is 4.25. The van der Waals surface area contributed by atoms with Crippen molar-refractivity contribution in [3.8, 4) is 12.0 Å². The van der Waals surface area contributed by atoms with Crippen LogP contribution in [0.5, 0.6) is 0 Å². The molecule has 26 heavy (non-hydrogen) atoms. The number of hydrogen-bond acceptors (Lipinski definition) is 3. The second-order valence-electron chi connectivity index (χ2n) is 7.20. The van der Waals surface area contributed by atoms with Crippen molar-refractivity contribution in [1.82, 2.24) is 4.57 Å². The van der Waals surface area contributed by atoms with E-state index in [2.05, 4.69) is 32.2 Å². The van der Waals surface area contributed by atoms with E-state index in [0.29, 0.717) is 17.3 Å². The summed E-state index contributed by atoms with van der Waals surface area (Å²) < 4.78 is 7.36. The number of furan rings is 1. The predicted molar refractivity (Wildman–Crippen MR) is 101 cm³/mol. The third kappa shape index (κ3) is 3.27. The second kappa shape index (κ2) is 6.57. The van der Waals surface area contributed by atoms with Crippen LogP contribution >= 0.6 is 0 Å². The minimum Gasteiger partial charge on any atom is -0.443 e. The third-order valence-corrected chi connectivity index (χ3v) is 4.25. The van der Waals surface area contributed by atoms with Gasteiger partial charge in [0.15, 0.2) is 0 Å². The van der Waals surface area contributed by atoms with Gasteiger partial charge in [-0.15, -0.1) is 0 Å². The molecule has 3 rings (SSSR count). The number of hydrogen-bond donors (Lipinski definition) is 1. The summed E-state index contributed by atoms with van der Waals surface area (Å²) in [5.74, 6) is 0.405. The first-order chi connectivity index (χ1) is 12.3. The Morgan fingerprint density at radius 1 is 1.15 bits per heavy atom. The average molecular weight is 347 g/mol. The Morgan fingerprint density at radius 3 is 2.31 bits per heavy atom. The Morgan fingerprint density at radius 2 is 1.77 bits per heavy atom. The van der Waals surface area contributed by atoms with E-state index in [9.17, 15) is 10.1 Å². The summed E-state index contributed by atoms with van der Waals surface area (Å²) in [4.78, 5) is 12.7. The molecule has 0 unspecified atom stereocenters. The Bertz CT molecular complexity index is 966. The summed E-state index contributed by atoms with van der Waals surface area (Å²) in [6, 6.07) is 13.5. The van der Waals surface area contributed by atoms with Crippen molar-refractivity contribution in [2.24, 2.45) is 0 Å². The smallest absolute Gasteiger partial charge is 0.260 e. The molecule has 132 valence electrons. The molecule has 0 bridgehead atoms. The maximum Gasteiger partial charge on any atom is 0.260 e. The molecule has 0 atom stereocenters. The van der Waals surface area contributed by atoms with Crippen molar-refractivity contribution in [2.75, 3.05) is 5.32 Å². The molecule has 5 nitrogen and oxygen atoms in total. The fourth-order valence-corrected chi connectivity index (χ4v) is 2.81. The van der Waals surface area contributed by atoms with Crippen LogP contribution in [0.1, 0.15) is 48.0 Å². The highest BCUT2D eigenvalue weighted by molar-refractivity contribution is 6.07. The van der Waals surface area contributed by atoms with Gasteiger partial charge in [-0.05, 0) is 42.2 Å². The van der Waals surface area contributed by atoms with Gasteiger partial charge in [0.25, 0.3) is 5.91 Å². The quantitative estimate of drug-likeness (QED) is 0.740. The Labute approximate surface area is 152 Å². The SMILES string of the molecule is Cc1oc(-n2cccc2)c(C#N)c1C(=O)Nc1ccc(C(C)(C)C)cc1. The number of nitrogens with one attached hydrogen (secondary N) is 1. The summed E-state index contributed by atoms with van der Waals surface area (Å²) in [6.07, 6.45) is 3.54. The van der Waals surface area contributed by atoms with Gasteiger partial charge in [0.2, 0.25) is 5.88 Å². The normalized spacial score (nSPS) is 11.2. The molecular weight excluding hydrogens is 326 g/mol. The van der Waals surface area contributed by atoms with E-state index in [1.165, 1.54) is 5.56 Å². The highest BCUT2D eigenvalue weighted by Gasteiger charge is 2.24. The molecule has 0 aliphatic carbocycles. The molecule has 0 spiro atoms. The van der Waals surface area contributed by atoms with Crippen LogP contribution in [0.4, 0.5) is 5.69 Å². The molecule has 0 fully saturated rings. The summed E-state index contributed by atoms with van der Waals surface area (Å²) >= 11 is 0. The molecule has 2 aromatic heterocycles. The standard InChI is InChI=1S/C21H21N3O2/c1-14-18(17(13-22)20(26-14)24-11-5-6-12-24)19(25)23-16-9-7-15(8-10-16)21(2,3)4/h5-12H,1-4H3,(H,23,25). The molecule has 1 amide bonds. The van der Waals surface area contributed by atoms with E-state index in [1.54, 1.807) is 23.9 Å². The van der Waals surface area contributed by atoms with Crippen LogP contribution in [0.2, 0.25) is 0 Å². The van der Waals surface area contributed by atoms with Crippen LogP contribution in [-0.2, 0) is 5.41 Å². The van der Waals surface area contributed by atoms with Gasteiger partial charge in [0, 0.05) is 18.1 Å². The molecule has 0 saturated heterocycles. The van der Waals surface area contributed by atoms with Crippen LogP contribution in [0.25, 0.3) is 5.88 Å². The van der Waals surface area contributed by atoms with E-state index in [1.807, 2.05) is 36.4 Å². The minimum atomic E-state index is -0.357. The van der Waals surface area contributed by atoms with Crippen molar-refractivity contribution >= 4 is 11.6 Å². The van der Waals surface area contributed by atoms with E-state index in [-0.39, 0.29) is 22.4 Å². The monoisotopic (exact) mass is 347 g/mol. The molecule has 2 heterocycles. The second-order valence-corrected chi connectivity index (χ2v) is 7.20. The maximum absolute atomic E-state index is 12.7. The molecular formula is C21H21N3O2. The lowest BCUT2D eigenvalue weighted by Crippen LogP contribution is -2.15. The number of rotatable bonds is 3. The fraction of sp³-hybridized carbons (Fsp3) is 0.238. The number of carbonyl (C=O) groups excluding carboxylic acids is 1. The van der Waals surface area contributed by atoms with E-state index in [4.69, 9.17) is 4.42 Å². The van der Waals surface area contributed by atoms with Gasteiger partial charge < -0.3 is 9.73 Å². The first-order valence-electron chi connectivity index (χ1n) is 8.40. The topological polar surface area (TPSA) is 71.0 Å². The lowest BCUT2D eigenvalue weighted by Gasteiger charge is -2.19. The van der Waals surface area contributed by atoms with Gasteiger partial charge in [0.05, 0.1) is 0 Å². The molecule has 3 aromatic rings. The zero-order valence-electron chi connectivity index (χ0n) is 15.3. The summed E-state index contributed by atoms with van der Waals surface area (Å²) in [5, 5.41) is 12.4. The van der Waals surface area contributed by atoms with Gasteiger partial charge in [-0.25, -0.2) is 0 Å². The number of amides is 1. The predicted octanol–water partition coefficient (Wildman–Crippen LogP) is 4.80. The molecule has 0 radical (unpaired) electrons. The zero-order chi connectivity index (χ0) is 18.9. The largest absolute Gasteiger partial charge is 0.443 e. The van der Waals surface area contributed by atoms with Crippen molar-refractivity contribution < 1.29 is 9.21 Å². The molecule has 1 N–H and O–H groups in total. The van der Waals surface area contributed by atoms with Crippen LogP contribution < -0.4 is 5.32 Å². The molecule has 0 aliphatic rings. The van der Waals surface area contributed by atoms with E-state index in [0.717, 1.165) is 0 Å². The first-order valence-corrected chi connectivity index (χ1v) is 8.40. The number of nitriles is 1. The molecule has 0 saturated carbocycles. The Kier molecular flexibility index (Phi) is 4.43. The van der Waals surface area contributed by atoms with Gasteiger partial charge >= 0.3 is 0 Å². The minimum absolute atomic E-state index is 0.0450. The Balaban J connectivity index is 1.90. The lowest BCUT2D eigenvalue weighted by molar-refractivity contribution is 0.102. The van der Waals surface area contributed by atoms with Crippen LogP contribution in [-0.4, -0.2) is 10.5 Å². The molecule has 1 aromatic carbocycles. The number of aryl methyl sites for hydroxylation is 1. The van der Waals surface area contributed by atoms with E-state index >= 15 is 0 Å². The summed E-state index contributed by atoms with van der Waals surface area (Å²) in [5.41, 5.74) is 2.39. The van der Waals surface area contributed by atoms with Crippen LogP contribution in [0.3, 0.4) is 0 Å². The summed E-state index contributed by atoms with van der Waals surface area (Å²) in [6.45, 7) is 8.09. The highest BCUT2D eigenvalue weighted by Crippen LogP contribution is 2.27. The number of nitrogens with zero attached hydrogens (tertiary/aromatic N) is 2. The van der Waals surface area contributed by atoms with Crippen LogP contribution in [0, 0.1) is 18.3 Å². The van der Waals surface area contributed by atoms with Crippen molar-refractivity contribution in [3.05, 3.63) is 71.2 Å². The van der Waals surface area contributed by atoms with Crippen molar-refractivity contribution in [2.45, 2.75) is 33.1 Å². The maximum atomic E-state index is 12.7. The molecule has 5 heteroatoms. The fourth-order valence-electron chi connectivity index (χ4n) is 2.81. The Hall–Kier alpha value is -3.26. The van der Waals surface area contributed by atoms with Gasteiger partial charge in [0.1, 0.15) is 23.0 Å². The van der Waals surface area contributed by atoms with Crippen molar-refractivity contribution in [1.29, 1.82) is 5.26 Å². The van der Waals surface area contributed by atoms with Crippen molar-refractivity contribution in [3.63, 3.8) is 0 Å². The number of anilines is 1. The number of benzene rings is 1. The summed E-state index contributed by atoms with van der Waals surface area (Å²) in [7, 11) is 0. The van der Waals surface area contributed by atoms with Gasteiger partial charge in [-0.1, -0.05) is 32.9 Å². The number of carbonyl (C=O) groups is 1.